The average Bonchev–Trinajstić information content (AvgIpc) is 3.05. The van der Waals surface area contributed by atoms with Gasteiger partial charge in [0.15, 0.2) is 17.3 Å². The standard InChI is InChI=1S/C21H23NO4/c1-14-12-20(19(25-3)13-17(14)15(2)23)26-11-9-21(24)22-10-8-16-6-4-5-7-18(16)22/h4-7,12-13H,8-11H2,1-3H3. The summed E-state index contributed by atoms with van der Waals surface area (Å²) in [5.41, 5.74) is 3.64. The SMILES string of the molecule is COc1cc(C(C)=O)c(C)cc1OCCC(=O)N1CCc2ccccc21. The van der Waals surface area contributed by atoms with Crippen molar-refractivity contribution in [2.75, 3.05) is 25.2 Å². The van der Waals surface area contributed by atoms with E-state index in [2.05, 4.69) is 6.07 Å². The molecule has 0 bridgehead atoms. The Morgan fingerprint density at radius 2 is 1.92 bits per heavy atom. The van der Waals surface area contributed by atoms with Crippen LogP contribution in [-0.2, 0) is 11.2 Å². The maximum atomic E-state index is 12.5. The smallest absolute Gasteiger partial charge is 0.230 e. The Morgan fingerprint density at radius 3 is 2.65 bits per heavy atom. The molecule has 0 radical (unpaired) electrons. The molecule has 3 rings (SSSR count). The van der Waals surface area contributed by atoms with E-state index in [1.807, 2.05) is 30.0 Å². The molecule has 5 heteroatoms. The highest BCUT2D eigenvalue weighted by molar-refractivity contribution is 5.96. The van der Waals surface area contributed by atoms with Gasteiger partial charge in [0.1, 0.15) is 0 Å². The van der Waals surface area contributed by atoms with Crippen molar-refractivity contribution in [1.82, 2.24) is 0 Å². The number of para-hydroxylation sites is 1. The van der Waals surface area contributed by atoms with E-state index in [-0.39, 0.29) is 24.7 Å². The second-order valence-electron chi connectivity index (χ2n) is 6.40. The van der Waals surface area contributed by atoms with Crippen LogP contribution in [0.2, 0.25) is 0 Å². The number of amides is 1. The van der Waals surface area contributed by atoms with Crippen LogP contribution in [0, 0.1) is 6.92 Å². The Bertz CT molecular complexity index is 844. The topological polar surface area (TPSA) is 55.8 Å². The van der Waals surface area contributed by atoms with Gasteiger partial charge in [0.25, 0.3) is 0 Å². The van der Waals surface area contributed by atoms with Crippen molar-refractivity contribution >= 4 is 17.4 Å². The first-order chi connectivity index (χ1) is 12.5. The van der Waals surface area contributed by atoms with Gasteiger partial charge in [0, 0.05) is 17.8 Å². The summed E-state index contributed by atoms with van der Waals surface area (Å²) in [7, 11) is 1.54. The number of rotatable bonds is 6. The first-order valence-electron chi connectivity index (χ1n) is 8.72. The quantitative estimate of drug-likeness (QED) is 0.745. The van der Waals surface area contributed by atoms with E-state index >= 15 is 0 Å². The van der Waals surface area contributed by atoms with Gasteiger partial charge in [-0.2, -0.15) is 0 Å². The van der Waals surface area contributed by atoms with Crippen molar-refractivity contribution in [2.45, 2.75) is 26.7 Å². The third kappa shape index (κ3) is 3.57. The Labute approximate surface area is 153 Å². The predicted molar refractivity (Wildman–Crippen MR) is 100 cm³/mol. The Morgan fingerprint density at radius 1 is 1.15 bits per heavy atom. The lowest BCUT2D eigenvalue weighted by Gasteiger charge is -2.18. The number of anilines is 1. The summed E-state index contributed by atoms with van der Waals surface area (Å²) < 4.78 is 11.1. The fourth-order valence-corrected chi connectivity index (χ4v) is 3.29. The zero-order valence-electron chi connectivity index (χ0n) is 15.4. The molecular formula is C21H23NO4. The average molecular weight is 353 g/mol. The van der Waals surface area contributed by atoms with Crippen LogP contribution in [0.15, 0.2) is 36.4 Å². The van der Waals surface area contributed by atoms with Gasteiger partial charge in [-0.15, -0.1) is 0 Å². The molecule has 0 aromatic heterocycles. The summed E-state index contributed by atoms with van der Waals surface area (Å²) in [4.78, 5) is 26.0. The number of ether oxygens (including phenoxy) is 2. The third-order valence-corrected chi connectivity index (χ3v) is 4.65. The molecule has 0 fully saturated rings. The van der Waals surface area contributed by atoms with Crippen LogP contribution in [-0.4, -0.2) is 32.0 Å². The van der Waals surface area contributed by atoms with E-state index < -0.39 is 0 Å². The zero-order chi connectivity index (χ0) is 18.7. The van der Waals surface area contributed by atoms with E-state index in [1.54, 1.807) is 12.1 Å². The number of hydrogen-bond donors (Lipinski definition) is 0. The van der Waals surface area contributed by atoms with Crippen molar-refractivity contribution in [3.05, 3.63) is 53.1 Å². The van der Waals surface area contributed by atoms with E-state index in [1.165, 1.54) is 19.6 Å². The molecule has 2 aromatic carbocycles. The van der Waals surface area contributed by atoms with Crippen LogP contribution >= 0.6 is 0 Å². The summed E-state index contributed by atoms with van der Waals surface area (Å²) >= 11 is 0. The molecular weight excluding hydrogens is 330 g/mol. The number of ketones is 1. The number of fused-ring (bicyclic) bond motifs is 1. The number of Topliss-reactive ketones (excluding diaryl/α,β-unsaturated/α-hetero) is 1. The minimum atomic E-state index is -0.0183. The van der Waals surface area contributed by atoms with Crippen LogP contribution in [0.4, 0.5) is 5.69 Å². The van der Waals surface area contributed by atoms with Gasteiger partial charge in [-0.1, -0.05) is 18.2 Å². The molecule has 26 heavy (non-hydrogen) atoms. The molecule has 0 unspecified atom stereocenters. The largest absolute Gasteiger partial charge is 0.493 e. The molecule has 1 aliphatic rings. The highest BCUT2D eigenvalue weighted by Crippen LogP contribution is 2.31. The fourth-order valence-electron chi connectivity index (χ4n) is 3.29. The summed E-state index contributed by atoms with van der Waals surface area (Å²) in [6, 6.07) is 11.5. The number of carbonyl (C=O) groups excluding carboxylic acids is 2. The molecule has 1 aliphatic heterocycles. The molecule has 0 aliphatic carbocycles. The molecule has 0 saturated carbocycles. The second-order valence-corrected chi connectivity index (χ2v) is 6.40. The van der Waals surface area contributed by atoms with E-state index in [4.69, 9.17) is 9.47 Å². The predicted octanol–water partition coefficient (Wildman–Crippen LogP) is 3.56. The van der Waals surface area contributed by atoms with Crippen molar-refractivity contribution in [3.8, 4) is 11.5 Å². The number of hydrogen-bond acceptors (Lipinski definition) is 4. The van der Waals surface area contributed by atoms with Crippen molar-refractivity contribution in [1.29, 1.82) is 0 Å². The van der Waals surface area contributed by atoms with E-state index in [0.29, 0.717) is 23.6 Å². The first kappa shape index (κ1) is 18.0. The molecule has 2 aromatic rings. The minimum Gasteiger partial charge on any atom is -0.493 e. The van der Waals surface area contributed by atoms with E-state index in [0.717, 1.165) is 17.7 Å². The Kier molecular flexibility index (Phi) is 5.26. The van der Waals surface area contributed by atoms with Crippen LogP contribution in [0.1, 0.15) is 34.8 Å². The summed E-state index contributed by atoms with van der Waals surface area (Å²) in [6.45, 7) is 4.35. The number of methoxy groups -OCH3 is 1. The monoisotopic (exact) mass is 353 g/mol. The number of carbonyl (C=O) groups is 2. The number of aryl methyl sites for hydroxylation is 1. The van der Waals surface area contributed by atoms with E-state index in [9.17, 15) is 9.59 Å². The molecule has 136 valence electrons. The van der Waals surface area contributed by atoms with Crippen LogP contribution in [0.3, 0.4) is 0 Å². The van der Waals surface area contributed by atoms with Crippen molar-refractivity contribution in [2.24, 2.45) is 0 Å². The van der Waals surface area contributed by atoms with Gasteiger partial charge >= 0.3 is 0 Å². The van der Waals surface area contributed by atoms with Gasteiger partial charge in [-0.05, 0) is 49.6 Å². The maximum Gasteiger partial charge on any atom is 0.230 e. The summed E-state index contributed by atoms with van der Waals surface area (Å²) in [5.74, 6) is 1.07. The summed E-state index contributed by atoms with van der Waals surface area (Å²) in [6.07, 6.45) is 1.17. The minimum absolute atomic E-state index is 0.0183. The molecule has 1 heterocycles. The third-order valence-electron chi connectivity index (χ3n) is 4.65. The highest BCUT2D eigenvalue weighted by atomic mass is 16.5. The lowest BCUT2D eigenvalue weighted by Crippen LogP contribution is -2.30. The van der Waals surface area contributed by atoms with Crippen molar-refractivity contribution in [3.63, 3.8) is 0 Å². The van der Waals surface area contributed by atoms with Gasteiger partial charge in [-0.3, -0.25) is 9.59 Å². The van der Waals surface area contributed by atoms with Crippen LogP contribution in [0.5, 0.6) is 11.5 Å². The van der Waals surface area contributed by atoms with Gasteiger partial charge in [0.05, 0.1) is 20.1 Å². The summed E-state index contributed by atoms with van der Waals surface area (Å²) in [5, 5.41) is 0. The lowest BCUT2D eigenvalue weighted by molar-refractivity contribution is -0.119. The fraction of sp³-hybridized carbons (Fsp3) is 0.333. The first-order valence-corrected chi connectivity index (χ1v) is 8.72. The molecule has 5 nitrogen and oxygen atoms in total. The van der Waals surface area contributed by atoms with Crippen molar-refractivity contribution < 1.29 is 19.1 Å². The Hall–Kier alpha value is -2.82. The highest BCUT2D eigenvalue weighted by Gasteiger charge is 2.24. The molecule has 1 amide bonds. The molecule has 0 saturated heterocycles. The Balaban J connectivity index is 1.64. The second kappa shape index (κ2) is 7.60. The normalized spacial score (nSPS) is 12.7. The molecule has 0 N–H and O–H groups in total. The van der Waals surface area contributed by atoms with Gasteiger partial charge in [0.2, 0.25) is 5.91 Å². The van der Waals surface area contributed by atoms with Gasteiger partial charge in [-0.25, -0.2) is 0 Å². The zero-order valence-corrected chi connectivity index (χ0v) is 15.4. The molecule has 0 atom stereocenters. The maximum absolute atomic E-state index is 12.5. The van der Waals surface area contributed by atoms with Crippen LogP contribution in [0.25, 0.3) is 0 Å². The van der Waals surface area contributed by atoms with Gasteiger partial charge < -0.3 is 14.4 Å². The number of nitrogens with zero attached hydrogens (tertiary/aromatic N) is 1. The van der Waals surface area contributed by atoms with Crippen LogP contribution < -0.4 is 14.4 Å². The number of benzene rings is 2. The molecule has 0 spiro atoms. The lowest BCUT2D eigenvalue weighted by atomic mass is 10.0.